The number of benzene rings is 2. The number of fused-ring (bicyclic) bond motifs is 1. The van der Waals surface area contributed by atoms with Crippen LogP contribution in [0.25, 0.3) is 22.3 Å². The molecule has 2 aromatic carbocycles. The Bertz CT molecular complexity index is 1540. The van der Waals surface area contributed by atoms with Crippen molar-refractivity contribution in [3.63, 3.8) is 0 Å². The summed E-state index contributed by atoms with van der Waals surface area (Å²) in [5, 5.41) is 3.38. The number of carbonyl (C=O) groups excluding carboxylic acids is 2. The molecule has 1 aliphatic carbocycles. The van der Waals surface area contributed by atoms with Gasteiger partial charge in [-0.1, -0.05) is 49.1 Å². The first-order valence-electron chi connectivity index (χ1n) is 14.7. The molecule has 0 bridgehead atoms. The Morgan fingerprint density at radius 3 is 2.41 bits per heavy atom. The summed E-state index contributed by atoms with van der Waals surface area (Å²) in [5.41, 5.74) is 4.03. The van der Waals surface area contributed by atoms with E-state index in [1.54, 1.807) is 13.1 Å². The highest BCUT2D eigenvalue weighted by atomic mass is 32.2. The molecule has 1 saturated carbocycles. The van der Waals surface area contributed by atoms with E-state index < -0.39 is 10.0 Å². The number of furan rings is 1. The quantitative estimate of drug-likeness (QED) is 0.379. The van der Waals surface area contributed by atoms with Crippen molar-refractivity contribution in [1.82, 2.24) is 10.2 Å². The van der Waals surface area contributed by atoms with Gasteiger partial charge in [0, 0.05) is 56.5 Å². The molecule has 1 aliphatic heterocycles. The average Bonchev–Trinajstić information content (AvgIpc) is 3.34. The molecule has 41 heavy (non-hydrogen) atoms. The fraction of sp³-hybridized carbons (Fsp3) is 0.500. The summed E-state index contributed by atoms with van der Waals surface area (Å²) in [6, 6.07) is 11.4. The molecule has 2 fully saturated rings. The number of piperidine rings is 1. The zero-order valence-corrected chi connectivity index (χ0v) is 25.4. The van der Waals surface area contributed by atoms with E-state index in [0.29, 0.717) is 53.4 Å². The lowest BCUT2D eigenvalue weighted by Crippen LogP contribution is -2.40. The summed E-state index contributed by atoms with van der Waals surface area (Å²) in [6.07, 6.45) is 9.32. The van der Waals surface area contributed by atoms with Crippen LogP contribution in [-0.4, -0.2) is 58.6 Å². The summed E-state index contributed by atoms with van der Waals surface area (Å²) < 4.78 is 33.1. The average molecular weight is 580 g/mol. The SMILES string of the molecule is CNC(=O)c1c(-c2ccc(C)cc2)oc2cc(N(C)S(C)(=O)=O)c([C@@H]3CCCN(C(=O)CC4CCCCC4)C3)cc12. The number of sulfonamides is 1. The largest absolute Gasteiger partial charge is 0.455 e. The van der Waals surface area contributed by atoms with Crippen LogP contribution in [0.3, 0.4) is 0 Å². The van der Waals surface area contributed by atoms with E-state index in [2.05, 4.69) is 5.32 Å². The van der Waals surface area contributed by atoms with Crippen LogP contribution in [0.4, 0.5) is 5.69 Å². The number of hydrogen-bond acceptors (Lipinski definition) is 5. The number of aryl methyl sites for hydroxylation is 1. The third kappa shape index (κ3) is 6.15. The van der Waals surface area contributed by atoms with Crippen LogP contribution in [0.15, 0.2) is 40.8 Å². The second-order valence-corrected chi connectivity index (χ2v) is 13.8. The molecule has 5 rings (SSSR count). The van der Waals surface area contributed by atoms with Crippen molar-refractivity contribution in [3.05, 3.63) is 53.1 Å². The summed E-state index contributed by atoms with van der Waals surface area (Å²) in [7, 11) is -0.457. The second-order valence-electron chi connectivity index (χ2n) is 11.8. The van der Waals surface area contributed by atoms with Gasteiger partial charge in [-0.2, -0.15) is 0 Å². The van der Waals surface area contributed by atoms with Crippen molar-refractivity contribution in [2.75, 3.05) is 37.7 Å². The second kappa shape index (κ2) is 11.9. The smallest absolute Gasteiger partial charge is 0.255 e. The maximum atomic E-state index is 13.4. The highest BCUT2D eigenvalue weighted by Gasteiger charge is 2.32. The van der Waals surface area contributed by atoms with Crippen LogP contribution in [-0.2, 0) is 14.8 Å². The van der Waals surface area contributed by atoms with E-state index in [1.165, 1.54) is 36.9 Å². The van der Waals surface area contributed by atoms with Gasteiger partial charge in [0.15, 0.2) is 0 Å². The Balaban J connectivity index is 1.58. The highest BCUT2D eigenvalue weighted by molar-refractivity contribution is 7.92. The number of carbonyl (C=O) groups is 2. The van der Waals surface area contributed by atoms with Crippen molar-refractivity contribution in [3.8, 4) is 11.3 Å². The first-order chi connectivity index (χ1) is 19.6. The minimum Gasteiger partial charge on any atom is -0.455 e. The van der Waals surface area contributed by atoms with Gasteiger partial charge in [-0.25, -0.2) is 8.42 Å². The van der Waals surface area contributed by atoms with Gasteiger partial charge in [0.2, 0.25) is 15.9 Å². The van der Waals surface area contributed by atoms with Crippen molar-refractivity contribution < 1.29 is 22.4 Å². The van der Waals surface area contributed by atoms with Gasteiger partial charge in [0.1, 0.15) is 11.3 Å². The molecule has 1 saturated heterocycles. The Morgan fingerprint density at radius 1 is 1.05 bits per heavy atom. The molecule has 1 N–H and O–H groups in total. The fourth-order valence-electron chi connectivity index (χ4n) is 6.41. The van der Waals surface area contributed by atoms with Gasteiger partial charge < -0.3 is 14.6 Å². The number of likely N-dealkylation sites (tertiary alicyclic amines) is 1. The molecule has 1 atom stereocenters. The Labute approximate surface area is 243 Å². The molecule has 2 amide bonds. The van der Waals surface area contributed by atoms with E-state index in [9.17, 15) is 18.0 Å². The van der Waals surface area contributed by atoms with Crippen LogP contribution in [0.5, 0.6) is 0 Å². The monoisotopic (exact) mass is 579 g/mol. The molecule has 8 nitrogen and oxygen atoms in total. The molecular weight excluding hydrogens is 538 g/mol. The zero-order chi connectivity index (χ0) is 29.3. The summed E-state index contributed by atoms with van der Waals surface area (Å²) >= 11 is 0. The van der Waals surface area contributed by atoms with Crippen LogP contribution in [0, 0.1) is 12.8 Å². The van der Waals surface area contributed by atoms with Crippen molar-refractivity contribution in [1.29, 1.82) is 0 Å². The van der Waals surface area contributed by atoms with Gasteiger partial charge in [-0.05, 0) is 50.2 Å². The molecule has 1 aromatic heterocycles. The molecule has 3 aromatic rings. The zero-order valence-electron chi connectivity index (χ0n) is 24.5. The Hall–Kier alpha value is -3.33. The van der Waals surface area contributed by atoms with Crippen molar-refractivity contribution in [2.24, 2.45) is 5.92 Å². The van der Waals surface area contributed by atoms with Gasteiger partial charge in [0.25, 0.3) is 5.91 Å². The van der Waals surface area contributed by atoms with E-state index in [0.717, 1.165) is 42.4 Å². The Morgan fingerprint density at radius 2 is 1.76 bits per heavy atom. The lowest BCUT2D eigenvalue weighted by Gasteiger charge is -2.36. The summed E-state index contributed by atoms with van der Waals surface area (Å²) in [4.78, 5) is 28.5. The van der Waals surface area contributed by atoms with E-state index in [4.69, 9.17) is 4.42 Å². The number of rotatable bonds is 7. The maximum Gasteiger partial charge on any atom is 0.255 e. The summed E-state index contributed by atoms with van der Waals surface area (Å²) in [6.45, 7) is 3.24. The van der Waals surface area contributed by atoms with Crippen molar-refractivity contribution >= 4 is 38.5 Å². The predicted molar refractivity (Wildman–Crippen MR) is 163 cm³/mol. The van der Waals surface area contributed by atoms with E-state index >= 15 is 0 Å². The summed E-state index contributed by atoms with van der Waals surface area (Å²) in [5.74, 6) is 0.746. The van der Waals surface area contributed by atoms with Gasteiger partial charge >= 0.3 is 0 Å². The number of hydrogen-bond donors (Lipinski definition) is 1. The van der Waals surface area contributed by atoms with Crippen LogP contribution >= 0.6 is 0 Å². The standard InChI is InChI=1S/C32H41N3O5S/c1-21-12-14-23(15-13-21)31-30(32(37)33-2)26-18-25(27(19-28(26)40-31)34(3)41(4,38)39)24-11-8-16-35(20-24)29(36)17-22-9-6-5-7-10-22/h12-15,18-19,22,24H,5-11,16-17,20H2,1-4H3,(H,33,37)/t24-/m1/s1. The fourth-order valence-corrected chi connectivity index (χ4v) is 6.93. The normalized spacial score (nSPS) is 18.4. The highest BCUT2D eigenvalue weighted by Crippen LogP contribution is 2.42. The maximum absolute atomic E-state index is 13.4. The van der Waals surface area contributed by atoms with E-state index in [1.807, 2.05) is 42.2 Å². The van der Waals surface area contributed by atoms with Crippen LogP contribution in [0.2, 0.25) is 0 Å². The van der Waals surface area contributed by atoms with Gasteiger partial charge in [-0.3, -0.25) is 13.9 Å². The number of anilines is 1. The van der Waals surface area contributed by atoms with E-state index in [-0.39, 0.29) is 17.7 Å². The number of nitrogens with one attached hydrogen (secondary N) is 1. The Kier molecular flexibility index (Phi) is 8.45. The minimum absolute atomic E-state index is 0.0714. The minimum atomic E-state index is -3.58. The molecule has 220 valence electrons. The first-order valence-corrected chi connectivity index (χ1v) is 16.5. The van der Waals surface area contributed by atoms with Crippen molar-refractivity contribution in [2.45, 2.75) is 64.2 Å². The lowest BCUT2D eigenvalue weighted by molar-refractivity contribution is -0.133. The molecular formula is C32H41N3O5S. The van der Waals surface area contributed by atoms with Crippen LogP contribution in [0.1, 0.15) is 78.8 Å². The molecule has 0 spiro atoms. The molecule has 0 unspecified atom stereocenters. The predicted octanol–water partition coefficient (Wildman–Crippen LogP) is 5.84. The van der Waals surface area contributed by atoms with Crippen LogP contribution < -0.4 is 9.62 Å². The molecule has 9 heteroatoms. The molecule has 2 heterocycles. The molecule has 2 aliphatic rings. The topological polar surface area (TPSA) is 99.9 Å². The van der Waals surface area contributed by atoms with Gasteiger partial charge in [-0.15, -0.1) is 0 Å². The third-order valence-electron chi connectivity index (χ3n) is 8.84. The first kappa shape index (κ1) is 29.2. The lowest BCUT2D eigenvalue weighted by atomic mass is 9.85. The molecule has 0 radical (unpaired) electrons. The number of nitrogens with zero attached hydrogens (tertiary/aromatic N) is 2. The van der Waals surface area contributed by atoms with Gasteiger partial charge in [0.05, 0.1) is 17.5 Å². The third-order valence-corrected chi connectivity index (χ3v) is 10.0. The number of amides is 2.